The summed E-state index contributed by atoms with van der Waals surface area (Å²) in [6, 6.07) is 0. The zero-order valence-electron chi connectivity index (χ0n) is 7.56. The van der Waals surface area contributed by atoms with Gasteiger partial charge in [-0.25, -0.2) is 0 Å². The minimum absolute atomic E-state index is 0.488. The molecule has 0 aliphatic carbocycles. The second kappa shape index (κ2) is 2.89. The van der Waals surface area contributed by atoms with Gasteiger partial charge in [0.2, 0.25) is 0 Å². The molecule has 0 aromatic carbocycles. The summed E-state index contributed by atoms with van der Waals surface area (Å²) >= 11 is 0. The molecular formula is C9H14N2O2. The molecule has 0 radical (unpaired) electrons. The first-order chi connectivity index (χ1) is 6.40. The van der Waals surface area contributed by atoms with Crippen molar-refractivity contribution in [3.8, 4) is 0 Å². The van der Waals surface area contributed by atoms with E-state index < -0.39 is 0 Å². The predicted octanol–water partition coefficient (Wildman–Crippen LogP) is -0.170. The molecule has 0 bridgehead atoms. The van der Waals surface area contributed by atoms with Crippen LogP contribution in [-0.4, -0.2) is 55.0 Å². The molecule has 0 saturated carbocycles. The summed E-state index contributed by atoms with van der Waals surface area (Å²) in [7, 11) is 0. The van der Waals surface area contributed by atoms with Crippen molar-refractivity contribution >= 4 is 0 Å². The Hall–Kier alpha value is -0.740. The minimum atomic E-state index is 0.488. The Morgan fingerprint density at radius 1 is 1.00 bits per heavy atom. The summed E-state index contributed by atoms with van der Waals surface area (Å²) in [5.74, 6) is 0. The Morgan fingerprint density at radius 3 is 1.85 bits per heavy atom. The van der Waals surface area contributed by atoms with Crippen LogP contribution in [0.4, 0.5) is 0 Å². The van der Waals surface area contributed by atoms with E-state index >= 15 is 0 Å². The molecule has 0 amide bonds. The second-order valence-electron chi connectivity index (χ2n) is 3.89. The molecule has 2 saturated heterocycles. The van der Waals surface area contributed by atoms with Gasteiger partial charge in [0.15, 0.2) is 0 Å². The first-order valence-electron chi connectivity index (χ1n) is 4.80. The number of nitrogens with zero attached hydrogens (tertiary/aromatic N) is 2. The van der Waals surface area contributed by atoms with Gasteiger partial charge in [-0.2, -0.15) is 0 Å². The molecule has 0 aromatic heterocycles. The van der Waals surface area contributed by atoms with Crippen LogP contribution in [0.25, 0.3) is 0 Å². The normalized spacial score (nSPS) is 35.7. The van der Waals surface area contributed by atoms with E-state index in [1.54, 1.807) is 0 Å². The monoisotopic (exact) mass is 182 g/mol. The molecule has 3 heterocycles. The van der Waals surface area contributed by atoms with Crippen molar-refractivity contribution < 1.29 is 9.47 Å². The van der Waals surface area contributed by atoms with Crippen molar-refractivity contribution in [2.75, 3.05) is 33.0 Å². The Morgan fingerprint density at radius 2 is 1.46 bits per heavy atom. The fourth-order valence-electron chi connectivity index (χ4n) is 1.62. The zero-order valence-corrected chi connectivity index (χ0v) is 7.56. The van der Waals surface area contributed by atoms with Crippen molar-refractivity contribution in [3.05, 3.63) is 12.4 Å². The number of hydrogen-bond donors (Lipinski definition) is 0. The van der Waals surface area contributed by atoms with Crippen molar-refractivity contribution in [2.24, 2.45) is 0 Å². The molecule has 3 rings (SSSR count). The summed E-state index contributed by atoms with van der Waals surface area (Å²) in [5.41, 5.74) is 0. The SMILES string of the molecule is C1=CN(CC2CO2)CN1CC1CO1. The smallest absolute Gasteiger partial charge is 0.0984 e. The van der Waals surface area contributed by atoms with Gasteiger partial charge < -0.3 is 19.3 Å². The van der Waals surface area contributed by atoms with Gasteiger partial charge in [0.25, 0.3) is 0 Å². The van der Waals surface area contributed by atoms with E-state index in [4.69, 9.17) is 9.47 Å². The van der Waals surface area contributed by atoms with E-state index in [-0.39, 0.29) is 0 Å². The third kappa shape index (κ3) is 1.95. The Labute approximate surface area is 77.7 Å². The first kappa shape index (κ1) is 7.64. The third-order valence-electron chi connectivity index (χ3n) is 2.53. The topological polar surface area (TPSA) is 31.5 Å². The molecule has 72 valence electrons. The van der Waals surface area contributed by atoms with Crippen LogP contribution in [0.3, 0.4) is 0 Å². The van der Waals surface area contributed by atoms with Crippen LogP contribution in [0, 0.1) is 0 Å². The molecular weight excluding hydrogens is 168 g/mol. The Bertz CT molecular complexity index is 202. The lowest BCUT2D eigenvalue weighted by molar-refractivity contribution is 0.230. The summed E-state index contributed by atoms with van der Waals surface area (Å²) in [6.45, 7) is 4.96. The zero-order chi connectivity index (χ0) is 8.67. The molecule has 3 aliphatic rings. The van der Waals surface area contributed by atoms with E-state index in [0.29, 0.717) is 12.2 Å². The highest BCUT2D eigenvalue weighted by Gasteiger charge is 2.29. The molecule has 2 atom stereocenters. The van der Waals surface area contributed by atoms with Gasteiger partial charge in [0, 0.05) is 25.5 Å². The molecule has 13 heavy (non-hydrogen) atoms. The Balaban J connectivity index is 1.44. The third-order valence-corrected chi connectivity index (χ3v) is 2.53. The van der Waals surface area contributed by atoms with Gasteiger partial charge in [-0.05, 0) is 0 Å². The highest BCUT2D eigenvalue weighted by molar-refractivity contribution is 4.94. The fraction of sp³-hybridized carbons (Fsp3) is 0.778. The first-order valence-corrected chi connectivity index (χ1v) is 4.80. The molecule has 0 N–H and O–H groups in total. The van der Waals surface area contributed by atoms with Crippen molar-refractivity contribution in [2.45, 2.75) is 12.2 Å². The lowest BCUT2D eigenvalue weighted by Crippen LogP contribution is -2.30. The molecule has 3 aliphatic heterocycles. The highest BCUT2D eigenvalue weighted by atomic mass is 16.6. The second-order valence-corrected chi connectivity index (χ2v) is 3.89. The van der Waals surface area contributed by atoms with Gasteiger partial charge >= 0.3 is 0 Å². The number of epoxide rings is 2. The van der Waals surface area contributed by atoms with Crippen LogP contribution in [0.1, 0.15) is 0 Å². The van der Waals surface area contributed by atoms with Crippen LogP contribution in [-0.2, 0) is 9.47 Å². The minimum Gasteiger partial charge on any atom is -0.371 e. The van der Waals surface area contributed by atoms with Gasteiger partial charge in [-0.3, -0.25) is 0 Å². The van der Waals surface area contributed by atoms with Crippen LogP contribution in [0.5, 0.6) is 0 Å². The summed E-state index contributed by atoms with van der Waals surface area (Å²) < 4.78 is 10.4. The Kier molecular flexibility index (Phi) is 1.70. The van der Waals surface area contributed by atoms with E-state index in [9.17, 15) is 0 Å². The van der Waals surface area contributed by atoms with Crippen molar-refractivity contribution in [1.29, 1.82) is 0 Å². The average Bonchev–Trinajstić information content (AvgIpc) is 2.96. The van der Waals surface area contributed by atoms with Crippen LogP contribution < -0.4 is 0 Å². The largest absolute Gasteiger partial charge is 0.371 e. The predicted molar refractivity (Wildman–Crippen MR) is 46.9 cm³/mol. The maximum absolute atomic E-state index is 5.18. The maximum atomic E-state index is 5.18. The molecule has 2 fully saturated rings. The van der Waals surface area contributed by atoms with E-state index in [0.717, 1.165) is 33.0 Å². The lowest BCUT2D eigenvalue weighted by Gasteiger charge is -2.19. The molecule has 2 unspecified atom stereocenters. The van der Waals surface area contributed by atoms with Crippen molar-refractivity contribution in [1.82, 2.24) is 9.80 Å². The molecule has 4 heteroatoms. The summed E-state index contributed by atoms with van der Waals surface area (Å²) in [4.78, 5) is 4.58. The molecule has 0 spiro atoms. The number of rotatable bonds is 4. The van der Waals surface area contributed by atoms with Crippen LogP contribution >= 0.6 is 0 Å². The molecule has 0 aromatic rings. The molecule has 4 nitrogen and oxygen atoms in total. The van der Waals surface area contributed by atoms with Gasteiger partial charge in [0.05, 0.1) is 32.1 Å². The van der Waals surface area contributed by atoms with Gasteiger partial charge in [-0.15, -0.1) is 0 Å². The quantitative estimate of drug-likeness (QED) is 0.565. The van der Waals surface area contributed by atoms with Crippen LogP contribution in [0.15, 0.2) is 12.4 Å². The van der Waals surface area contributed by atoms with E-state index in [1.807, 2.05) is 0 Å². The van der Waals surface area contributed by atoms with Gasteiger partial charge in [0.1, 0.15) is 0 Å². The number of hydrogen-bond acceptors (Lipinski definition) is 4. The van der Waals surface area contributed by atoms with Gasteiger partial charge in [-0.1, -0.05) is 0 Å². The lowest BCUT2D eigenvalue weighted by atomic mass is 10.4. The average molecular weight is 182 g/mol. The van der Waals surface area contributed by atoms with Crippen LogP contribution in [0.2, 0.25) is 0 Å². The van der Waals surface area contributed by atoms with E-state index in [2.05, 4.69) is 22.2 Å². The standard InChI is InChI=1S/C9H14N2O2/c1-2-11(4-9-6-13-9)7-10(1)3-8-5-12-8/h1-2,8-9H,3-7H2. The fourth-order valence-corrected chi connectivity index (χ4v) is 1.62. The van der Waals surface area contributed by atoms with E-state index in [1.165, 1.54) is 0 Å². The maximum Gasteiger partial charge on any atom is 0.0984 e. The summed E-state index contributed by atoms with van der Waals surface area (Å²) in [5, 5.41) is 0. The summed E-state index contributed by atoms with van der Waals surface area (Å²) in [6.07, 6.45) is 5.26. The van der Waals surface area contributed by atoms with Crippen molar-refractivity contribution in [3.63, 3.8) is 0 Å². The number of ether oxygens (including phenoxy) is 2. The highest BCUT2D eigenvalue weighted by Crippen LogP contribution is 2.17.